The Hall–Kier alpha value is -1.84. The van der Waals surface area contributed by atoms with Crippen LogP contribution in [0.2, 0.25) is 0 Å². The van der Waals surface area contributed by atoms with Gasteiger partial charge in [0.25, 0.3) is 0 Å². The van der Waals surface area contributed by atoms with Crippen molar-refractivity contribution in [3.63, 3.8) is 0 Å². The highest BCUT2D eigenvalue weighted by molar-refractivity contribution is 5.99. The molecule has 1 aromatic rings. The first-order valence-electron chi connectivity index (χ1n) is 6.33. The molecular formula is C15H21NO3. The van der Waals surface area contributed by atoms with Gasteiger partial charge in [-0.05, 0) is 25.5 Å². The molecule has 0 N–H and O–H groups in total. The molecule has 1 amide bonds. The van der Waals surface area contributed by atoms with E-state index in [9.17, 15) is 9.59 Å². The molecule has 0 saturated heterocycles. The molecule has 104 valence electrons. The minimum absolute atomic E-state index is 0.0205. The van der Waals surface area contributed by atoms with Gasteiger partial charge in [0.1, 0.15) is 5.75 Å². The second kappa shape index (κ2) is 6.92. The van der Waals surface area contributed by atoms with Gasteiger partial charge in [-0.25, -0.2) is 0 Å². The average Bonchev–Trinajstić information content (AvgIpc) is 2.38. The summed E-state index contributed by atoms with van der Waals surface area (Å²) in [6.07, 6.45) is 1.32. The highest BCUT2D eigenvalue weighted by Crippen LogP contribution is 2.22. The number of amides is 1. The molecule has 0 unspecified atom stereocenters. The lowest BCUT2D eigenvalue weighted by Crippen LogP contribution is -2.21. The van der Waals surface area contributed by atoms with Crippen LogP contribution in [0.1, 0.15) is 35.2 Å². The molecule has 0 bridgehead atoms. The molecule has 4 heteroatoms. The van der Waals surface area contributed by atoms with Gasteiger partial charge in [0.05, 0.1) is 12.7 Å². The summed E-state index contributed by atoms with van der Waals surface area (Å²) in [5, 5.41) is 0. The van der Waals surface area contributed by atoms with E-state index in [1.54, 1.807) is 27.3 Å². The van der Waals surface area contributed by atoms with Crippen LogP contribution in [0.5, 0.6) is 5.75 Å². The van der Waals surface area contributed by atoms with Gasteiger partial charge in [0.2, 0.25) is 5.91 Å². The van der Waals surface area contributed by atoms with Crippen molar-refractivity contribution in [3.8, 4) is 5.75 Å². The van der Waals surface area contributed by atoms with Crippen molar-refractivity contribution in [2.45, 2.75) is 26.2 Å². The summed E-state index contributed by atoms with van der Waals surface area (Å²) >= 11 is 0. The highest BCUT2D eigenvalue weighted by Gasteiger charge is 2.13. The van der Waals surface area contributed by atoms with Crippen LogP contribution in [-0.2, 0) is 4.79 Å². The van der Waals surface area contributed by atoms with Crippen LogP contribution in [0, 0.1) is 6.92 Å². The number of Topliss-reactive ketones (excluding diaryl/α,β-unsaturated/α-hetero) is 1. The van der Waals surface area contributed by atoms with Gasteiger partial charge in [-0.15, -0.1) is 0 Å². The molecule has 0 aromatic heterocycles. The van der Waals surface area contributed by atoms with Gasteiger partial charge < -0.3 is 9.64 Å². The Morgan fingerprint density at radius 1 is 1.21 bits per heavy atom. The summed E-state index contributed by atoms with van der Waals surface area (Å²) < 4.78 is 5.19. The molecule has 0 atom stereocenters. The zero-order valence-corrected chi connectivity index (χ0v) is 12.0. The monoisotopic (exact) mass is 263 g/mol. The minimum atomic E-state index is 0.0205. The van der Waals surface area contributed by atoms with Crippen molar-refractivity contribution in [1.82, 2.24) is 4.90 Å². The van der Waals surface area contributed by atoms with Gasteiger partial charge >= 0.3 is 0 Å². The molecule has 0 saturated carbocycles. The normalized spacial score (nSPS) is 10.1. The zero-order chi connectivity index (χ0) is 14.4. The van der Waals surface area contributed by atoms with Crippen LogP contribution in [0.25, 0.3) is 0 Å². The summed E-state index contributed by atoms with van der Waals surface area (Å²) in [5.74, 6) is 0.658. The van der Waals surface area contributed by atoms with Crippen LogP contribution in [0.3, 0.4) is 0 Å². The number of methoxy groups -OCH3 is 1. The Kier molecular flexibility index (Phi) is 5.55. The van der Waals surface area contributed by atoms with Crippen LogP contribution in [0.15, 0.2) is 18.2 Å². The lowest BCUT2D eigenvalue weighted by Gasteiger charge is -2.10. The van der Waals surface area contributed by atoms with E-state index in [4.69, 9.17) is 4.74 Å². The quantitative estimate of drug-likeness (QED) is 0.741. The maximum atomic E-state index is 12.1. The first kappa shape index (κ1) is 15.2. The number of nitrogens with zero attached hydrogens (tertiary/aromatic N) is 1. The Bertz CT molecular complexity index is 466. The Morgan fingerprint density at radius 3 is 2.47 bits per heavy atom. The molecule has 0 spiro atoms. The molecular weight excluding hydrogens is 242 g/mol. The molecule has 4 nitrogen and oxygen atoms in total. The molecule has 0 radical (unpaired) electrons. The van der Waals surface area contributed by atoms with Gasteiger partial charge in [-0.1, -0.05) is 11.6 Å². The summed E-state index contributed by atoms with van der Waals surface area (Å²) in [7, 11) is 4.98. The number of ketones is 1. The fourth-order valence-electron chi connectivity index (χ4n) is 1.80. The Labute approximate surface area is 114 Å². The Balaban J connectivity index is 2.63. The van der Waals surface area contributed by atoms with Crippen LogP contribution in [-0.4, -0.2) is 37.8 Å². The number of ether oxygens (including phenoxy) is 1. The second-order valence-corrected chi connectivity index (χ2v) is 4.77. The number of benzene rings is 1. The molecule has 19 heavy (non-hydrogen) atoms. The van der Waals surface area contributed by atoms with Gasteiger partial charge in [-0.2, -0.15) is 0 Å². The first-order chi connectivity index (χ1) is 8.95. The third kappa shape index (κ3) is 4.39. The molecule has 1 rings (SSSR count). The van der Waals surface area contributed by atoms with E-state index < -0.39 is 0 Å². The second-order valence-electron chi connectivity index (χ2n) is 4.77. The number of aryl methyl sites for hydroxylation is 1. The average molecular weight is 263 g/mol. The molecule has 0 aliphatic carbocycles. The number of carbonyl (C=O) groups excluding carboxylic acids is 2. The van der Waals surface area contributed by atoms with Crippen LogP contribution >= 0.6 is 0 Å². The zero-order valence-electron chi connectivity index (χ0n) is 12.0. The first-order valence-corrected chi connectivity index (χ1v) is 6.33. The molecule has 0 aliphatic heterocycles. The number of hydrogen-bond acceptors (Lipinski definition) is 3. The third-order valence-electron chi connectivity index (χ3n) is 2.95. The maximum absolute atomic E-state index is 12.1. The van der Waals surface area contributed by atoms with E-state index in [0.717, 1.165) is 5.56 Å². The van der Waals surface area contributed by atoms with E-state index in [1.807, 2.05) is 19.1 Å². The van der Waals surface area contributed by atoms with Crippen LogP contribution < -0.4 is 4.74 Å². The molecule has 1 aromatic carbocycles. The largest absolute Gasteiger partial charge is 0.496 e. The maximum Gasteiger partial charge on any atom is 0.222 e. The van der Waals surface area contributed by atoms with E-state index in [0.29, 0.717) is 30.6 Å². The van der Waals surface area contributed by atoms with E-state index in [-0.39, 0.29) is 11.7 Å². The lowest BCUT2D eigenvalue weighted by molar-refractivity contribution is -0.128. The van der Waals surface area contributed by atoms with Crippen molar-refractivity contribution in [3.05, 3.63) is 29.3 Å². The Morgan fingerprint density at radius 2 is 1.89 bits per heavy atom. The lowest BCUT2D eigenvalue weighted by atomic mass is 10.0. The predicted molar refractivity (Wildman–Crippen MR) is 74.6 cm³/mol. The fraction of sp³-hybridized carbons (Fsp3) is 0.467. The smallest absolute Gasteiger partial charge is 0.222 e. The summed E-state index contributed by atoms with van der Waals surface area (Å²) in [4.78, 5) is 25.1. The standard InChI is InChI=1S/C15H21NO3/c1-11-8-9-14(19-4)12(10-11)13(17)6-5-7-15(18)16(2)3/h8-10H,5-7H2,1-4H3. The minimum Gasteiger partial charge on any atom is -0.496 e. The van der Waals surface area contributed by atoms with Gasteiger partial charge in [0, 0.05) is 26.9 Å². The number of hydrogen-bond donors (Lipinski definition) is 0. The third-order valence-corrected chi connectivity index (χ3v) is 2.95. The topological polar surface area (TPSA) is 46.6 Å². The van der Waals surface area contributed by atoms with Crippen LogP contribution in [0.4, 0.5) is 0 Å². The highest BCUT2D eigenvalue weighted by atomic mass is 16.5. The van der Waals surface area contributed by atoms with Crippen molar-refractivity contribution in [2.75, 3.05) is 21.2 Å². The number of rotatable bonds is 6. The molecule has 0 aliphatic rings. The summed E-state index contributed by atoms with van der Waals surface area (Å²) in [6.45, 7) is 1.94. The van der Waals surface area contributed by atoms with Crippen molar-refractivity contribution in [2.24, 2.45) is 0 Å². The number of carbonyl (C=O) groups is 2. The molecule has 0 heterocycles. The fourth-order valence-corrected chi connectivity index (χ4v) is 1.80. The van der Waals surface area contributed by atoms with Gasteiger partial charge in [-0.3, -0.25) is 9.59 Å². The van der Waals surface area contributed by atoms with E-state index >= 15 is 0 Å². The van der Waals surface area contributed by atoms with Crippen molar-refractivity contribution < 1.29 is 14.3 Å². The van der Waals surface area contributed by atoms with E-state index in [2.05, 4.69) is 0 Å². The van der Waals surface area contributed by atoms with Crippen molar-refractivity contribution >= 4 is 11.7 Å². The predicted octanol–water partition coefficient (Wildman–Crippen LogP) is 2.44. The van der Waals surface area contributed by atoms with E-state index in [1.165, 1.54) is 4.90 Å². The summed E-state index contributed by atoms with van der Waals surface area (Å²) in [6, 6.07) is 5.54. The summed E-state index contributed by atoms with van der Waals surface area (Å²) in [5.41, 5.74) is 1.62. The SMILES string of the molecule is COc1ccc(C)cc1C(=O)CCCC(=O)N(C)C. The van der Waals surface area contributed by atoms with Gasteiger partial charge in [0.15, 0.2) is 5.78 Å². The van der Waals surface area contributed by atoms with Crippen molar-refractivity contribution in [1.29, 1.82) is 0 Å². The molecule has 0 fully saturated rings.